The second kappa shape index (κ2) is 2.49. The predicted molar refractivity (Wildman–Crippen MR) is 46.6 cm³/mol. The molecule has 0 aromatic carbocycles. The number of carbonyl (C=O) groups excluding carboxylic acids is 1. The number of ketones is 1. The van der Waals surface area contributed by atoms with Crippen molar-refractivity contribution in [2.45, 2.75) is 36.5 Å². The largest absolute Gasteiger partial charge is 0.328 e. The van der Waals surface area contributed by atoms with Crippen LogP contribution < -0.4 is 5.73 Å². The van der Waals surface area contributed by atoms with E-state index < -0.39 is 0 Å². The highest BCUT2D eigenvalue weighted by Gasteiger charge is 2.43. The second-order valence-corrected chi connectivity index (χ2v) is 5.13. The third-order valence-electron chi connectivity index (χ3n) is 2.66. The molecule has 2 atom stereocenters. The SMILES string of the molecule is NC1CCC2(CC(=O)CS2)C1. The van der Waals surface area contributed by atoms with Crippen molar-refractivity contribution < 1.29 is 4.79 Å². The highest BCUT2D eigenvalue weighted by Crippen LogP contribution is 2.47. The van der Waals surface area contributed by atoms with Crippen molar-refractivity contribution in [3.8, 4) is 0 Å². The molecule has 1 aliphatic heterocycles. The number of hydrogen-bond acceptors (Lipinski definition) is 3. The Hall–Kier alpha value is -0.0200. The zero-order valence-electron chi connectivity index (χ0n) is 6.51. The van der Waals surface area contributed by atoms with Crippen LogP contribution in [0.3, 0.4) is 0 Å². The van der Waals surface area contributed by atoms with Gasteiger partial charge in [0, 0.05) is 17.2 Å². The summed E-state index contributed by atoms with van der Waals surface area (Å²) in [6.07, 6.45) is 4.11. The van der Waals surface area contributed by atoms with Gasteiger partial charge in [-0.1, -0.05) is 0 Å². The van der Waals surface area contributed by atoms with Crippen LogP contribution in [-0.4, -0.2) is 22.3 Å². The van der Waals surface area contributed by atoms with E-state index in [1.807, 2.05) is 11.8 Å². The van der Waals surface area contributed by atoms with E-state index in [4.69, 9.17) is 5.73 Å². The van der Waals surface area contributed by atoms with Crippen LogP contribution in [0.5, 0.6) is 0 Å². The van der Waals surface area contributed by atoms with Gasteiger partial charge in [0.25, 0.3) is 0 Å². The lowest BCUT2D eigenvalue weighted by Gasteiger charge is -2.19. The van der Waals surface area contributed by atoms with Gasteiger partial charge in [0.2, 0.25) is 0 Å². The quantitative estimate of drug-likeness (QED) is 0.590. The van der Waals surface area contributed by atoms with E-state index in [9.17, 15) is 4.79 Å². The Morgan fingerprint density at radius 1 is 1.64 bits per heavy atom. The van der Waals surface area contributed by atoms with Crippen molar-refractivity contribution in [2.24, 2.45) is 5.73 Å². The van der Waals surface area contributed by atoms with E-state index in [1.54, 1.807) is 0 Å². The van der Waals surface area contributed by atoms with Gasteiger partial charge in [-0.3, -0.25) is 4.79 Å². The summed E-state index contributed by atoms with van der Waals surface area (Å²) in [6, 6.07) is 0.355. The van der Waals surface area contributed by atoms with Gasteiger partial charge in [0.05, 0.1) is 5.75 Å². The summed E-state index contributed by atoms with van der Waals surface area (Å²) in [6.45, 7) is 0. The van der Waals surface area contributed by atoms with Crippen LogP contribution >= 0.6 is 11.8 Å². The Bertz CT molecular complexity index is 195. The van der Waals surface area contributed by atoms with E-state index in [0.717, 1.165) is 31.4 Å². The van der Waals surface area contributed by atoms with E-state index in [0.29, 0.717) is 11.8 Å². The van der Waals surface area contributed by atoms with Crippen LogP contribution in [0, 0.1) is 0 Å². The molecule has 2 rings (SSSR count). The average Bonchev–Trinajstić information content (AvgIpc) is 2.44. The van der Waals surface area contributed by atoms with Crippen LogP contribution in [0.4, 0.5) is 0 Å². The fraction of sp³-hybridized carbons (Fsp3) is 0.875. The molecule has 0 aromatic rings. The number of Topliss-reactive ketones (excluding diaryl/α,β-unsaturated/α-hetero) is 1. The third-order valence-corrected chi connectivity index (χ3v) is 4.26. The molecule has 1 saturated heterocycles. The van der Waals surface area contributed by atoms with Crippen molar-refractivity contribution in [3.63, 3.8) is 0 Å². The molecule has 2 N–H and O–H groups in total. The maximum Gasteiger partial charge on any atom is 0.144 e. The minimum atomic E-state index is 0.274. The van der Waals surface area contributed by atoms with Gasteiger partial charge in [-0.05, 0) is 19.3 Å². The minimum absolute atomic E-state index is 0.274. The fourth-order valence-corrected chi connectivity index (χ4v) is 3.54. The molecule has 1 saturated carbocycles. The molecule has 1 spiro atoms. The summed E-state index contributed by atoms with van der Waals surface area (Å²) in [5, 5.41) is 0. The number of rotatable bonds is 0. The van der Waals surface area contributed by atoms with E-state index in [1.165, 1.54) is 0 Å². The number of carbonyl (C=O) groups is 1. The van der Waals surface area contributed by atoms with Crippen LogP contribution in [0.25, 0.3) is 0 Å². The molecule has 2 fully saturated rings. The van der Waals surface area contributed by atoms with Gasteiger partial charge in [0.1, 0.15) is 5.78 Å². The topological polar surface area (TPSA) is 43.1 Å². The number of hydrogen-bond donors (Lipinski definition) is 1. The first-order chi connectivity index (χ1) is 5.20. The van der Waals surface area contributed by atoms with Crippen LogP contribution in [0.1, 0.15) is 25.7 Å². The molecule has 11 heavy (non-hydrogen) atoms. The van der Waals surface area contributed by atoms with Gasteiger partial charge < -0.3 is 5.73 Å². The molecular weight excluding hydrogens is 158 g/mol. The van der Waals surface area contributed by atoms with Crippen molar-refractivity contribution in [1.29, 1.82) is 0 Å². The molecule has 0 bridgehead atoms. The first-order valence-corrected chi connectivity index (χ1v) is 5.10. The zero-order chi connectivity index (χ0) is 7.90. The maximum atomic E-state index is 11.0. The molecule has 0 radical (unpaired) electrons. The van der Waals surface area contributed by atoms with Gasteiger partial charge >= 0.3 is 0 Å². The lowest BCUT2D eigenvalue weighted by atomic mass is 10.0. The monoisotopic (exact) mass is 171 g/mol. The van der Waals surface area contributed by atoms with Crippen molar-refractivity contribution in [2.75, 3.05) is 5.75 Å². The first kappa shape index (κ1) is 7.62. The lowest BCUT2D eigenvalue weighted by molar-refractivity contribution is -0.116. The average molecular weight is 171 g/mol. The number of thioether (sulfide) groups is 1. The van der Waals surface area contributed by atoms with Crippen LogP contribution in [0.15, 0.2) is 0 Å². The summed E-state index contributed by atoms with van der Waals surface area (Å²) >= 11 is 1.83. The van der Waals surface area contributed by atoms with Gasteiger partial charge in [-0.15, -0.1) is 11.8 Å². The summed E-state index contributed by atoms with van der Waals surface area (Å²) in [5.41, 5.74) is 5.81. The Morgan fingerprint density at radius 3 is 2.91 bits per heavy atom. The molecule has 1 heterocycles. The lowest BCUT2D eigenvalue weighted by Crippen LogP contribution is -2.22. The van der Waals surface area contributed by atoms with Crippen LogP contribution in [-0.2, 0) is 4.79 Å². The van der Waals surface area contributed by atoms with Gasteiger partial charge in [0.15, 0.2) is 0 Å². The highest BCUT2D eigenvalue weighted by molar-refractivity contribution is 8.01. The second-order valence-electron chi connectivity index (χ2n) is 3.69. The zero-order valence-corrected chi connectivity index (χ0v) is 7.32. The van der Waals surface area contributed by atoms with Crippen molar-refractivity contribution in [1.82, 2.24) is 0 Å². The normalized spacial score (nSPS) is 44.1. The van der Waals surface area contributed by atoms with E-state index >= 15 is 0 Å². The molecule has 2 nitrogen and oxygen atoms in total. The Balaban J connectivity index is 2.07. The van der Waals surface area contributed by atoms with Gasteiger partial charge in [-0.2, -0.15) is 0 Å². The van der Waals surface area contributed by atoms with E-state index in [2.05, 4.69) is 0 Å². The van der Waals surface area contributed by atoms with Crippen molar-refractivity contribution >= 4 is 17.5 Å². The summed E-state index contributed by atoms with van der Waals surface area (Å²) in [7, 11) is 0. The molecule has 2 aliphatic rings. The Labute approximate surface area is 70.9 Å². The standard InChI is InChI=1S/C8H13NOS/c9-6-1-2-8(3-6)4-7(10)5-11-8/h6H,1-5,9H2. The summed E-state index contributed by atoms with van der Waals surface area (Å²) < 4.78 is 0.274. The molecule has 2 unspecified atom stereocenters. The predicted octanol–water partition coefficient (Wildman–Crippen LogP) is 0.942. The molecule has 62 valence electrons. The highest BCUT2D eigenvalue weighted by atomic mass is 32.2. The van der Waals surface area contributed by atoms with Crippen LogP contribution in [0.2, 0.25) is 0 Å². The maximum absolute atomic E-state index is 11.0. The smallest absolute Gasteiger partial charge is 0.144 e. The first-order valence-electron chi connectivity index (χ1n) is 4.11. The Morgan fingerprint density at radius 2 is 2.45 bits per heavy atom. The van der Waals surface area contributed by atoms with Gasteiger partial charge in [-0.25, -0.2) is 0 Å². The molecule has 0 aromatic heterocycles. The van der Waals surface area contributed by atoms with Crippen molar-refractivity contribution in [3.05, 3.63) is 0 Å². The fourth-order valence-electron chi connectivity index (χ4n) is 2.12. The summed E-state index contributed by atoms with van der Waals surface area (Å²) in [4.78, 5) is 11.0. The van der Waals surface area contributed by atoms with E-state index in [-0.39, 0.29) is 4.75 Å². The number of nitrogens with two attached hydrogens (primary N) is 1. The third kappa shape index (κ3) is 1.32. The minimum Gasteiger partial charge on any atom is -0.328 e. The molecule has 3 heteroatoms. The summed E-state index contributed by atoms with van der Waals surface area (Å²) in [5.74, 6) is 1.15. The molecule has 1 aliphatic carbocycles. The molecule has 0 amide bonds. The Kier molecular flexibility index (Phi) is 1.72. The molecular formula is C8H13NOS.